The van der Waals surface area contributed by atoms with Gasteiger partial charge in [0.15, 0.2) is 11.3 Å². The summed E-state index contributed by atoms with van der Waals surface area (Å²) < 4.78 is 11.0. The molecule has 9 nitrogen and oxygen atoms in total. The number of ether oxygens (including phenoxy) is 1. The van der Waals surface area contributed by atoms with Crippen LogP contribution in [-0.2, 0) is 0 Å². The molecule has 4 rings (SSSR count). The molecule has 0 bridgehead atoms. The standard InChI is InChI=1S/C24H21N3O6/c1-4-32-21-8-5-15(11-19(21)27(30)31)23(29)25-16-6-7-17(20(28)12-16)24-26-18-9-13(2)14(3)10-22(18)33-24/h5-12,28H,4H2,1-3H3,(H,25,29). The Hall–Kier alpha value is -4.40. The maximum Gasteiger partial charge on any atom is 0.311 e. The van der Waals surface area contributed by atoms with Gasteiger partial charge in [-0.1, -0.05) is 0 Å². The Kier molecular flexibility index (Phi) is 5.70. The molecule has 0 saturated carbocycles. The van der Waals surface area contributed by atoms with E-state index in [0.29, 0.717) is 22.4 Å². The fourth-order valence-electron chi connectivity index (χ4n) is 3.37. The van der Waals surface area contributed by atoms with Gasteiger partial charge in [0.1, 0.15) is 11.3 Å². The molecule has 168 valence electrons. The van der Waals surface area contributed by atoms with Gasteiger partial charge >= 0.3 is 5.69 Å². The number of phenols is 1. The van der Waals surface area contributed by atoms with Crippen molar-refractivity contribution in [3.8, 4) is 23.0 Å². The van der Waals surface area contributed by atoms with Crippen LogP contribution < -0.4 is 10.1 Å². The number of nitro benzene ring substituents is 1. The number of aromatic nitrogens is 1. The first kappa shape index (κ1) is 21.8. The van der Waals surface area contributed by atoms with Gasteiger partial charge in [0.05, 0.1) is 17.1 Å². The molecule has 9 heteroatoms. The largest absolute Gasteiger partial charge is 0.507 e. The number of aromatic hydroxyl groups is 1. The molecule has 0 atom stereocenters. The monoisotopic (exact) mass is 447 g/mol. The highest BCUT2D eigenvalue weighted by atomic mass is 16.6. The molecule has 0 aliphatic carbocycles. The van der Waals surface area contributed by atoms with E-state index in [2.05, 4.69) is 10.3 Å². The maximum atomic E-state index is 12.6. The zero-order valence-electron chi connectivity index (χ0n) is 18.2. The number of anilines is 1. The van der Waals surface area contributed by atoms with Gasteiger partial charge in [-0.05, 0) is 68.3 Å². The second-order valence-corrected chi connectivity index (χ2v) is 7.48. The second-order valence-electron chi connectivity index (χ2n) is 7.48. The number of hydrogen-bond donors (Lipinski definition) is 2. The van der Waals surface area contributed by atoms with E-state index in [4.69, 9.17) is 9.15 Å². The number of phenolic OH excluding ortho intramolecular Hbond substituents is 1. The number of benzene rings is 3. The van der Waals surface area contributed by atoms with Gasteiger partial charge in [0.2, 0.25) is 5.89 Å². The molecule has 0 aliphatic rings. The first-order valence-corrected chi connectivity index (χ1v) is 10.2. The van der Waals surface area contributed by atoms with E-state index in [1.54, 1.807) is 19.1 Å². The number of oxazole rings is 1. The summed E-state index contributed by atoms with van der Waals surface area (Å²) in [4.78, 5) is 27.8. The molecule has 1 amide bonds. The number of nitrogens with one attached hydrogen (secondary N) is 1. The van der Waals surface area contributed by atoms with Crippen molar-refractivity contribution in [3.63, 3.8) is 0 Å². The number of nitro groups is 1. The lowest BCUT2D eigenvalue weighted by molar-refractivity contribution is -0.385. The number of amides is 1. The number of rotatable bonds is 6. The lowest BCUT2D eigenvalue weighted by Gasteiger charge is -2.09. The van der Waals surface area contributed by atoms with Crippen LogP contribution in [0, 0.1) is 24.0 Å². The van der Waals surface area contributed by atoms with Crippen LogP contribution in [0.15, 0.2) is 52.9 Å². The summed E-state index contributed by atoms with van der Waals surface area (Å²) in [6.45, 7) is 5.93. The topological polar surface area (TPSA) is 128 Å². The quantitative estimate of drug-likeness (QED) is 0.300. The number of nitrogens with zero attached hydrogens (tertiary/aromatic N) is 2. The van der Waals surface area contributed by atoms with Crippen molar-refractivity contribution >= 4 is 28.4 Å². The van der Waals surface area contributed by atoms with Crippen LogP contribution in [0.5, 0.6) is 11.5 Å². The summed E-state index contributed by atoms with van der Waals surface area (Å²) in [7, 11) is 0. The highest BCUT2D eigenvalue weighted by Crippen LogP contribution is 2.34. The molecule has 4 aromatic rings. The van der Waals surface area contributed by atoms with Crippen molar-refractivity contribution in [2.45, 2.75) is 20.8 Å². The molecule has 0 radical (unpaired) electrons. The van der Waals surface area contributed by atoms with Crippen LogP contribution in [0.1, 0.15) is 28.4 Å². The highest BCUT2D eigenvalue weighted by Gasteiger charge is 2.19. The van der Waals surface area contributed by atoms with Gasteiger partial charge in [-0.3, -0.25) is 14.9 Å². The average molecular weight is 447 g/mol. The van der Waals surface area contributed by atoms with Crippen LogP contribution in [-0.4, -0.2) is 27.5 Å². The summed E-state index contributed by atoms with van der Waals surface area (Å²) >= 11 is 0. The molecule has 0 spiro atoms. The van der Waals surface area contributed by atoms with Gasteiger partial charge in [-0.2, -0.15) is 0 Å². The third kappa shape index (κ3) is 4.33. The summed E-state index contributed by atoms with van der Waals surface area (Å²) in [5, 5.41) is 24.4. The Labute approximate surface area is 188 Å². The molecule has 0 saturated heterocycles. The first-order valence-electron chi connectivity index (χ1n) is 10.2. The number of hydrogen-bond acceptors (Lipinski definition) is 7. The molecular formula is C24H21N3O6. The Morgan fingerprint density at radius 1 is 1.15 bits per heavy atom. The van der Waals surface area contributed by atoms with E-state index in [-0.39, 0.29) is 35.2 Å². The third-order valence-electron chi connectivity index (χ3n) is 5.21. The lowest BCUT2D eigenvalue weighted by atomic mass is 10.1. The second kappa shape index (κ2) is 8.62. The molecule has 0 aliphatic heterocycles. The molecule has 1 heterocycles. The molecule has 3 aromatic carbocycles. The van der Waals surface area contributed by atoms with Crippen molar-refractivity contribution in [2.75, 3.05) is 11.9 Å². The number of carbonyl (C=O) groups excluding carboxylic acids is 1. The minimum atomic E-state index is -0.605. The Bertz CT molecular complexity index is 1350. The smallest absolute Gasteiger partial charge is 0.311 e. The van der Waals surface area contributed by atoms with E-state index < -0.39 is 10.8 Å². The van der Waals surface area contributed by atoms with E-state index in [9.17, 15) is 20.0 Å². The van der Waals surface area contributed by atoms with Gasteiger partial charge < -0.3 is 19.6 Å². The average Bonchev–Trinajstić information content (AvgIpc) is 3.16. The number of aryl methyl sites for hydroxylation is 2. The third-order valence-corrected chi connectivity index (χ3v) is 5.21. The zero-order chi connectivity index (χ0) is 23.7. The van der Waals surface area contributed by atoms with Gasteiger partial charge in [-0.25, -0.2) is 4.98 Å². The van der Waals surface area contributed by atoms with Crippen LogP contribution in [0.2, 0.25) is 0 Å². The van der Waals surface area contributed by atoms with Crippen molar-refractivity contribution in [2.24, 2.45) is 0 Å². The van der Waals surface area contributed by atoms with Gasteiger partial charge in [0.25, 0.3) is 5.91 Å². The van der Waals surface area contributed by atoms with Crippen LogP contribution in [0.3, 0.4) is 0 Å². The SMILES string of the molecule is CCOc1ccc(C(=O)Nc2ccc(-c3nc4cc(C)c(C)cc4o3)c(O)c2)cc1[N+](=O)[O-]. The van der Waals surface area contributed by atoms with Crippen molar-refractivity contribution in [3.05, 3.63) is 75.3 Å². The lowest BCUT2D eigenvalue weighted by Crippen LogP contribution is -2.12. The van der Waals surface area contributed by atoms with Crippen molar-refractivity contribution < 1.29 is 24.0 Å². The number of fused-ring (bicyclic) bond motifs is 1. The predicted molar refractivity (Wildman–Crippen MR) is 123 cm³/mol. The Morgan fingerprint density at radius 3 is 2.61 bits per heavy atom. The van der Waals surface area contributed by atoms with E-state index >= 15 is 0 Å². The normalized spacial score (nSPS) is 10.9. The van der Waals surface area contributed by atoms with Crippen LogP contribution in [0.25, 0.3) is 22.6 Å². The molecular weight excluding hydrogens is 426 g/mol. The fraction of sp³-hybridized carbons (Fsp3) is 0.167. The van der Waals surface area contributed by atoms with Gasteiger partial charge in [-0.15, -0.1) is 0 Å². The summed E-state index contributed by atoms with van der Waals surface area (Å²) in [6.07, 6.45) is 0. The zero-order valence-corrected chi connectivity index (χ0v) is 18.2. The van der Waals surface area contributed by atoms with E-state index in [1.165, 1.54) is 18.2 Å². The minimum Gasteiger partial charge on any atom is -0.507 e. The summed E-state index contributed by atoms with van der Waals surface area (Å²) in [6, 6.07) is 12.3. The maximum absolute atomic E-state index is 12.6. The minimum absolute atomic E-state index is 0.0819. The summed E-state index contributed by atoms with van der Waals surface area (Å²) in [5.41, 5.74) is 3.91. The fourth-order valence-corrected chi connectivity index (χ4v) is 3.37. The molecule has 33 heavy (non-hydrogen) atoms. The van der Waals surface area contributed by atoms with E-state index in [0.717, 1.165) is 17.2 Å². The molecule has 0 fully saturated rings. The number of carbonyl (C=O) groups is 1. The molecule has 0 unspecified atom stereocenters. The van der Waals surface area contributed by atoms with E-state index in [1.807, 2.05) is 26.0 Å². The van der Waals surface area contributed by atoms with Crippen LogP contribution >= 0.6 is 0 Å². The first-order chi connectivity index (χ1) is 15.8. The van der Waals surface area contributed by atoms with Crippen molar-refractivity contribution in [1.82, 2.24) is 4.98 Å². The molecule has 2 N–H and O–H groups in total. The Morgan fingerprint density at radius 2 is 1.91 bits per heavy atom. The van der Waals surface area contributed by atoms with Crippen LogP contribution in [0.4, 0.5) is 11.4 Å². The van der Waals surface area contributed by atoms with Gasteiger partial charge in [0, 0.05) is 23.4 Å². The highest BCUT2D eigenvalue weighted by molar-refractivity contribution is 6.05. The predicted octanol–water partition coefficient (Wildman–Crippen LogP) is 5.38. The molecule has 1 aromatic heterocycles. The Balaban J connectivity index is 1.58. The summed E-state index contributed by atoms with van der Waals surface area (Å²) in [5.74, 6) is -0.358. The van der Waals surface area contributed by atoms with Crippen molar-refractivity contribution in [1.29, 1.82) is 0 Å².